The van der Waals surface area contributed by atoms with Crippen LogP contribution >= 0.6 is 15.9 Å². The Labute approximate surface area is 112 Å². The van der Waals surface area contributed by atoms with E-state index in [0.717, 1.165) is 25.7 Å². The molecule has 0 radical (unpaired) electrons. The molecule has 0 bridgehead atoms. The van der Waals surface area contributed by atoms with Crippen LogP contribution < -0.4 is 11.2 Å². The standard InChI is InChI=1S/C12H15BrN2O3/c13-9-6-15(12(18)14-11(9)17)7-10(16)8-4-2-1-3-5-8/h6,8H,1-5,7H2,(H,14,17,18). The number of rotatable bonds is 3. The van der Waals surface area contributed by atoms with Crippen LogP contribution in [-0.4, -0.2) is 15.3 Å². The summed E-state index contributed by atoms with van der Waals surface area (Å²) in [5.74, 6) is 0.145. The predicted octanol–water partition coefficient (Wildman–Crippen LogP) is 1.45. The minimum Gasteiger partial charge on any atom is -0.297 e. The van der Waals surface area contributed by atoms with Gasteiger partial charge in [0.05, 0.1) is 11.0 Å². The van der Waals surface area contributed by atoms with Crippen molar-refractivity contribution in [2.45, 2.75) is 38.6 Å². The molecular weight excluding hydrogens is 300 g/mol. The summed E-state index contributed by atoms with van der Waals surface area (Å²) in [4.78, 5) is 36.9. The molecule has 2 rings (SSSR count). The highest BCUT2D eigenvalue weighted by molar-refractivity contribution is 9.10. The second kappa shape index (κ2) is 5.65. The van der Waals surface area contributed by atoms with E-state index in [2.05, 4.69) is 20.9 Å². The Morgan fingerprint density at radius 3 is 2.67 bits per heavy atom. The number of halogens is 1. The lowest BCUT2D eigenvalue weighted by Crippen LogP contribution is -2.33. The van der Waals surface area contributed by atoms with Crippen LogP contribution in [0.25, 0.3) is 0 Å². The van der Waals surface area contributed by atoms with Crippen LogP contribution in [-0.2, 0) is 11.3 Å². The third-order valence-electron chi connectivity index (χ3n) is 3.35. The number of aromatic amines is 1. The van der Waals surface area contributed by atoms with Crippen LogP contribution in [0.15, 0.2) is 20.3 Å². The number of H-pyrrole nitrogens is 1. The van der Waals surface area contributed by atoms with Crippen molar-refractivity contribution in [3.8, 4) is 0 Å². The number of carbonyl (C=O) groups is 1. The van der Waals surface area contributed by atoms with E-state index in [-0.39, 0.29) is 22.7 Å². The molecule has 0 saturated heterocycles. The van der Waals surface area contributed by atoms with E-state index in [1.807, 2.05) is 0 Å². The van der Waals surface area contributed by atoms with Gasteiger partial charge in [0.1, 0.15) is 0 Å². The van der Waals surface area contributed by atoms with Crippen molar-refractivity contribution in [2.75, 3.05) is 0 Å². The Hall–Kier alpha value is -1.17. The van der Waals surface area contributed by atoms with Gasteiger partial charge in [-0.25, -0.2) is 4.79 Å². The Morgan fingerprint density at radius 2 is 2.00 bits per heavy atom. The molecule has 0 aliphatic heterocycles. The Kier molecular flexibility index (Phi) is 4.16. The van der Waals surface area contributed by atoms with Crippen LogP contribution in [0, 0.1) is 5.92 Å². The van der Waals surface area contributed by atoms with Crippen molar-refractivity contribution >= 4 is 21.7 Å². The lowest BCUT2D eigenvalue weighted by molar-refractivity contribution is -0.124. The van der Waals surface area contributed by atoms with E-state index < -0.39 is 11.2 Å². The number of nitrogens with zero attached hydrogens (tertiary/aromatic N) is 1. The molecule has 6 heteroatoms. The first-order valence-corrected chi connectivity index (χ1v) is 6.89. The average Bonchev–Trinajstić information content (AvgIpc) is 2.37. The van der Waals surface area contributed by atoms with Gasteiger partial charge in [0.25, 0.3) is 5.56 Å². The normalized spacial score (nSPS) is 16.7. The van der Waals surface area contributed by atoms with E-state index in [4.69, 9.17) is 0 Å². The van der Waals surface area contributed by atoms with Crippen LogP contribution in [0.2, 0.25) is 0 Å². The summed E-state index contributed by atoms with van der Waals surface area (Å²) in [5, 5.41) is 0. The number of aromatic nitrogens is 2. The number of nitrogens with one attached hydrogen (secondary N) is 1. The molecule has 0 unspecified atom stereocenters. The SMILES string of the molecule is O=C(Cn1cc(Br)c(=O)[nH]c1=O)C1CCCCC1. The smallest absolute Gasteiger partial charge is 0.297 e. The Morgan fingerprint density at radius 1 is 1.33 bits per heavy atom. The first kappa shape index (κ1) is 13.3. The van der Waals surface area contributed by atoms with Gasteiger partial charge in [0, 0.05) is 12.1 Å². The largest absolute Gasteiger partial charge is 0.328 e. The van der Waals surface area contributed by atoms with Crippen LogP contribution in [0.3, 0.4) is 0 Å². The van der Waals surface area contributed by atoms with E-state index in [1.165, 1.54) is 17.2 Å². The molecule has 1 aromatic rings. The van der Waals surface area contributed by atoms with E-state index in [0.29, 0.717) is 0 Å². The van der Waals surface area contributed by atoms with Crippen molar-refractivity contribution in [1.29, 1.82) is 0 Å². The molecule has 1 heterocycles. The minimum absolute atomic E-state index is 0.0406. The molecule has 1 aromatic heterocycles. The van der Waals surface area contributed by atoms with Gasteiger partial charge in [-0.3, -0.25) is 19.1 Å². The summed E-state index contributed by atoms with van der Waals surface area (Å²) in [6.07, 6.45) is 6.56. The number of ketones is 1. The molecule has 1 fully saturated rings. The highest BCUT2D eigenvalue weighted by atomic mass is 79.9. The first-order chi connectivity index (χ1) is 8.58. The molecule has 1 N–H and O–H groups in total. The maximum atomic E-state index is 12.0. The topological polar surface area (TPSA) is 71.9 Å². The third kappa shape index (κ3) is 2.98. The lowest BCUT2D eigenvalue weighted by Gasteiger charge is -2.20. The van der Waals surface area contributed by atoms with E-state index in [9.17, 15) is 14.4 Å². The van der Waals surface area contributed by atoms with E-state index >= 15 is 0 Å². The number of Topliss-reactive ketones (excluding diaryl/α,β-unsaturated/α-hetero) is 1. The molecule has 0 atom stereocenters. The Bertz CT molecular complexity index is 555. The zero-order valence-corrected chi connectivity index (χ0v) is 11.5. The quantitative estimate of drug-likeness (QED) is 0.917. The summed E-state index contributed by atoms with van der Waals surface area (Å²) < 4.78 is 1.51. The molecular formula is C12H15BrN2O3. The van der Waals surface area contributed by atoms with Gasteiger partial charge in [-0.05, 0) is 28.8 Å². The molecule has 98 valence electrons. The predicted molar refractivity (Wildman–Crippen MR) is 70.6 cm³/mol. The fourth-order valence-corrected chi connectivity index (χ4v) is 2.67. The molecule has 1 saturated carbocycles. The number of hydrogen-bond donors (Lipinski definition) is 1. The second-order valence-corrected chi connectivity index (χ2v) is 5.52. The van der Waals surface area contributed by atoms with Crippen LogP contribution in [0.4, 0.5) is 0 Å². The summed E-state index contributed by atoms with van der Waals surface area (Å²) >= 11 is 3.05. The van der Waals surface area contributed by atoms with Crippen molar-refractivity contribution < 1.29 is 4.79 Å². The lowest BCUT2D eigenvalue weighted by atomic mass is 9.86. The minimum atomic E-state index is -0.535. The van der Waals surface area contributed by atoms with Crippen molar-refractivity contribution in [3.05, 3.63) is 31.5 Å². The third-order valence-corrected chi connectivity index (χ3v) is 3.92. The van der Waals surface area contributed by atoms with Crippen molar-refractivity contribution in [2.24, 2.45) is 5.92 Å². The number of carbonyl (C=O) groups excluding carboxylic acids is 1. The van der Waals surface area contributed by atoms with E-state index in [1.54, 1.807) is 0 Å². The molecule has 0 spiro atoms. The summed E-state index contributed by atoms with van der Waals surface area (Å²) in [6, 6.07) is 0. The molecule has 5 nitrogen and oxygen atoms in total. The first-order valence-electron chi connectivity index (χ1n) is 6.10. The van der Waals surface area contributed by atoms with Gasteiger partial charge in [-0.1, -0.05) is 19.3 Å². The van der Waals surface area contributed by atoms with Gasteiger partial charge in [0.2, 0.25) is 0 Å². The molecule has 0 aromatic carbocycles. The highest BCUT2D eigenvalue weighted by Gasteiger charge is 2.21. The fourth-order valence-electron chi connectivity index (χ4n) is 2.32. The molecule has 0 amide bonds. The van der Waals surface area contributed by atoms with Gasteiger partial charge in [-0.15, -0.1) is 0 Å². The summed E-state index contributed by atoms with van der Waals surface area (Å²) in [5.41, 5.74) is -1.01. The number of hydrogen-bond acceptors (Lipinski definition) is 3. The van der Waals surface area contributed by atoms with Gasteiger partial charge in [0.15, 0.2) is 5.78 Å². The van der Waals surface area contributed by atoms with Crippen molar-refractivity contribution in [3.63, 3.8) is 0 Å². The zero-order chi connectivity index (χ0) is 13.1. The average molecular weight is 315 g/mol. The molecule has 1 aliphatic carbocycles. The van der Waals surface area contributed by atoms with Crippen LogP contribution in [0.1, 0.15) is 32.1 Å². The van der Waals surface area contributed by atoms with Gasteiger partial charge in [-0.2, -0.15) is 0 Å². The molecule has 18 heavy (non-hydrogen) atoms. The summed E-state index contributed by atoms with van der Waals surface area (Å²) in [7, 11) is 0. The monoisotopic (exact) mass is 314 g/mol. The maximum absolute atomic E-state index is 12.0. The van der Waals surface area contributed by atoms with Gasteiger partial charge >= 0.3 is 5.69 Å². The second-order valence-electron chi connectivity index (χ2n) is 4.67. The summed E-state index contributed by atoms with van der Waals surface area (Å²) in [6.45, 7) is 0.0406. The Balaban J connectivity index is 2.13. The fraction of sp³-hybridized carbons (Fsp3) is 0.583. The zero-order valence-electron chi connectivity index (χ0n) is 9.95. The highest BCUT2D eigenvalue weighted by Crippen LogP contribution is 2.24. The van der Waals surface area contributed by atoms with Crippen LogP contribution in [0.5, 0.6) is 0 Å². The molecule has 1 aliphatic rings. The van der Waals surface area contributed by atoms with Crippen molar-refractivity contribution in [1.82, 2.24) is 9.55 Å². The maximum Gasteiger partial charge on any atom is 0.328 e. The van der Waals surface area contributed by atoms with Gasteiger partial charge < -0.3 is 0 Å².